The Hall–Kier alpha value is -2.15. The lowest BCUT2D eigenvalue weighted by atomic mass is 9.91. The minimum atomic E-state index is -1.27. The van der Waals surface area contributed by atoms with Crippen LogP contribution in [0.2, 0.25) is 0 Å². The number of carboxylic acids is 1. The normalized spacial score (nSPS) is 22.4. The molecule has 0 aromatic heterocycles. The molecule has 1 amide bonds. The zero-order valence-corrected chi connectivity index (χ0v) is 17.3. The van der Waals surface area contributed by atoms with Crippen molar-refractivity contribution in [3.8, 4) is 0 Å². The summed E-state index contributed by atoms with van der Waals surface area (Å²) in [7, 11) is 0. The molecule has 3 rings (SSSR count). The first kappa shape index (κ1) is 21.6. The maximum Gasteiger partial charge on any atom is 0.410 e. The minimum Gasteiger partial charge on any atom is -0.478 e. The van der Waals surface area contributed by atoms with E-state index in [0.29, 0.717) is 29.9 Å². The van der Waals surface area contributed by atoms with Crippen LogP contribution in [0.1, 0.15) is 56.0 Å². The van der Waals surface area contributed by atoms with Gasteiger partial charge in [0.05, 0.1) is 18.8 Å². The first-order chi connectivity index (χ1) is 13.6. The molecule has 0 bridgehead atoms. The maximum atomic E-state index is 13.7. The fourth-order valence-corrected chi connectivity index (χ4v) is 4.03. The van der Waals surface area contributed by atoms with Crippen LogP contribution in [0.3, 0.4) is 0 Å². The summed E-state index contributed by atoms with van der Waals surface area (Å²) in [5, 5.41) is 8.86. The van der Waals surface area contributed by atoms with Crippen molar-refractivity contribution in [2.75, 3.05) is 19.7 Å². The summed E-state index contributed by atoms with van der Waals surface area (Å²) in [6.45, 7) is 8.00. The summed E-state index contributed by atoms with van der Waals surface area (Å²) in [4.78, 5) is 24.8. The number of hydrogen-bond donors (Lipinski definition) is 1. The predicted octanol–water partition coefficient (Wildman–Crippen LogP) is 4.32. The molecule has 1 saturated heterocycles. The molecule has 1 saturated carbocycles. The van der Waals surface area contributed by atoms with Gasteiger partial charge in [-0.1, -0.05) is 6.07 Å². The van der Waals surface area contributed by atoms with Gasteiger partial charge in [0.15, 0.2) is 0 Å². The van der Waals surface area contributed by atoms with Crippen LogP contribution in [0.25, 0.3) is 0 Å². The van der Waals surface area contributed by atoms with E-state index in [9.17, 15) is 14.0 Å². The first-order valence-electron chi connectivity index (χ1n) is 10.2. The number of rotatable bonds is 6. The number of hydrogen-bond acceptors (Lipinski definition) is 4. The molecule has 0 spiro atoms. The van der Waals surface area contributed by atoms with E-state index in [1.807, 2.05) is 20.8 Å². The molecule has 2 atom stereocenters. The molecule has 1 aliphatic heterocycles. The van der Waals surface area contributed by atoms with Gasteiger partial charge in [0.1, 0.15) is 11.4 Å². The van der Waals surface area contributed by atoms with Crippen molar-refractivity contribution in [3.05, 3.63) is 35.1 Å². The molecule has 0 radical (unpaired) electrons. The molecule has 160 valence electrons. The van der Waals surface area contributed by atoms with Gasteiger partial charge in [0, 0.05) is 13.1 Å². The Bertz CT molecular complexity index is 752. The molecule has 2 fully saturated rings. The quantitative estimate of drug-likeness (QED) is 0.760. The fourth-order valence-electron chi connectivity index (χ4n) is 4.03. The van der Waals surface area contributed by atoms with Crippen molar-refractivity contribution in [3.63, 3.8) is 0 Å². The number of carboxylic acid groups (broad SMARTS) is 1. The van der Waals surface area contributed by atoms with Gasteiger partial charge in [-0.2, -0.15) is 0 Å². The number of likely N-dealkylation sites (tertiary alicyclic amines) is 1. The summed E-state index contributed by atoms with van der Waals surface area (Å²) >= 11 is 0. The Kier molecular flexibility index (Phi) is 6.46. The molecule has 7 heteroatoms. The van der Waals surface area contributed by atoms with Crippen LogP contribution in [-0.2, 0) is 16.1 Å². The van der Waals surface area contributed by atoms with Gasteiger partial charge in [-0.05, 0) is 75.5 Å². The number of benzene rings is 1. The first-order valence-corrected chi connectivity index (χ1v) is 10.2. The summed E-state index contributed by atoms with van der Waals surface area (Å²) in [6.07, 6.45) is 2.88. The van der Waals surface area contributed by atoms with Crippen LogP contribution in [0.5, 0.6) is 0 Å². The summed E-state index contributed by atoms with van der Waals surface area (Å²) < 4.78 is 24.9. The minimum absolute atomic E-state index is 0.229. The molecule has 1 aromatic rings. The SMILES string of the molecule is CC(C)(C)OC(=O)N1CCC(C2CC2COCc2ccc(C(=O)O)c(F)c2)CC1. The van der Waals surface area contributed by atoms with E-state index < -0.39 is 17.4 Å². The number of piperidine rings is 1. The van der Waals surface area contributed by atoms with Crippen molar-refractivity contribution >= 4 is 12.1 Å². The highest BCUT2D eigenvalue weighted by atomic mass is 19.1. The van der Waals surface area contributed by atoms with Crippen molar-refractivity contribution < 1.29 is 28.6 Å². The second kappa shape index (κ2) is 8.69. The smallest absolute Gasteiger partial charge is 0.410 e. The lowest BCUT2D eigenvalue weighted by molar-refractivity contribution is 0.0169. The molecular formula is C22H30FNO5. The molecule has 1 aliphatic carbocycles. The average molecular weight is 407 g/mol. The van der Waals surface area contributed by atoms with E-state index in [2.05, 4.69) is 0 Å². The van der Waals surface area contributed by atoms with E-state index >= 15 is 0 Å². The van der Waals surface area contributed by atoms with Crippen LogP contribution < -0.4 is 0 Å². The van der Waals surface area contributed by atoms with Crippen LogP contribution in [0.4, 0.5) is 9.18 Å². The van der Waals surface area contributed by atoms with E-state index in [4.69, 9.17) is 14.6 Å². The molecule has 1 aromatic carbocycles. The highest BCUT2D eigenvalue weighted by Gasteiger charge is 2.44. The van der Waals surface area contributed by atoms with Gasteiger partial charge in [-0.3, -0.25) is 0 Å². The van der Waals surface area contributed by atoms with Gasteiger partial charge in [-0.25, -0.2) is 14.0 Å². The third-order valence-electron chi connectivity index (χ3n) is 5.64. The Morgan fingerprint density at radius 3 is 2.52 bits per heavy atom. The van der Waals surface area contributed by atoms with Crippen LogP contribution >= 0.6 is 0 Å². The average Bonchev–Trinajstić information content (AvgIpc) is 3.40. The summed E-state index contributed by atoms with van der Waals surface area (Å²) in [5.74, 6) is -0.263. The molecule has 2 unspecified atom stereocenters. The van der Waals surface area contributed by atoms with Crippen molar-refractivity contribution in [1.82, 2.24) is 4.90 Å². The third kappa shape index (κ3) is 5.92. The standard InChI is InChI=1S/C22H30FNO5/c1-22(2,3)29-21(27)24-8-6-15(7-9-24)18-11-16(18)13-28-12-14-4-5-17(20(25)26)19(23)10-14/h4-5,10,15-16,18H,6-9,11-13H2,1-3H3,(H,25,26). The highest BCUT2D eigenvalue weighted by Crippen LogP contribution is 2.48. The van der Waals surface area contributed by atoms with Crippen molar-refractivity contribution in [2.45, 2.75) is 52.2 Å². The lowest BCUT2D eigenvalue weighted by Gasteiger charge is -2.33. The molecule has 6 nitrogen and oxygen atoms in total. The summed E-state index contributed by atoms with van der Waals surface area (Å²) in [6, 6.07) is 4.08. The van der Waals surface area contributed by atoms with Gasteiger partial charge in [0.2, 0.25) is 0 Å². The number of carbonyl (C=O) groups excluding carboxylic acids is 1. The van der Waals surface area contributed by atoms with Crippen LogP contribution in [0, 0.1) is 23.6 Å². The largest absolute Gasteiger partial charge is 0.478 e. The molecule has 1 N–H and O–H groups in total. The predicted molar refractivity (Wildman–Crippen MR) is 105 cm³/mol. The Balaban J connectivity index is 1.37. The number of halogens is 1. The fraction of sp³-hybridized carbons (Fsp3) is 0.636. The Morgan fingerprint density at radius 2 is 1.93 bits per heavy atom. The van der Waals surface area contributed by atoms with Crippen molar-refractivity contribution in [1.29, 1.82) is 0 Å². The van der Waals surface area contributed by atoms with E-state index in [1.54, 1.807) is 11.0 Å². The van der Waals surface area contributed by atoms with E-state index in [1.165, 1.54) is 12.1 Å². The third-order valence-corrected chi connectivity index (χ3v) is 5.64. The van der Waals surface area contributed by atoms with Gasteiger partial charge in [0.25, 0.3) is 0 Å². The van der Waals surface area contributed by atoms with E-state index in [-0.39, 0.29) is 18.3 Å². The van der Waals surface area contributed by atoms with E-state index in [0.717, 1.165) is 32.4 Å². The molecule has 2 aliphatic rings. The number of ether oxygens (including phenoxy) is 2. The highest BCUT2D eigenvalue weighted by molar-refractivity contribution is 5.87. The molecular weight excluding hydrogens is 377 g/mol. The zero-order chi connectivity index (χ0) is 21.2. The zero-order valence-electron chi connectivity index (χ0n) is 17.3. The second-order valence-electron chi connectivity index (χ2n) is 9.10. The maximum absolute atomic E-state index is 13.7. The van der Waals surface area contributed by atoms with Gasteiger partial charge < -0.3 is 19.5 Å². The lowest BCUT2D eigenvalue weighted by Crippen LogP contribution is -2.42. The number of carbonyl (C=O) groups is 2. The molecule has 1 heterocycles. The Labute approximate surface area is 171 Å². The van der Waals surface area contributed by atoms with Crippen molar-refractivity contribution in [2.24, 2.45) is 17.8 Å². The number of amides is 1. The van der Waals surface area contributed by atoms with Crippen LogP contribution in [-0.4, -0.2) is 47.4 Å². The monoisotopic (exact) mass is 407 g/mol. The van der Waals surface area contributed by atoms with Crippen LogP contribution in [0.15, 0.2) is 18.2 Å². The Morgan fingerprint density at radius 1 is 1.24 bits per heavy atom. The van der Waals surface area contributed by atoms with Gasteiger partial charge in [-0.15, -0.1) is 0 Å². The topological polar surface area (TPSA) is 76.1 Å². The second-order valence-corrected chi connectivity index (χ2v) is 9.10. The number of nitrogens with zero attached hydrogens (tertiary/aromatic N) is 1. The summed E-state index contributed by atoms with van der Waals surface area (Å²) in [5.41, 5.74) is -0.159. The van der Waals surface area contributed by atoms with Gasteiger partial charge >= 0.3 is 12.1 Å². The number of aromatic carboxylic acids is 1. The molecule has 29 heavy (non-hydrogen) atoms.